The second kappa shape index (κ2) is 7.20. The molecule has 0 saturated heterocycles. The van der Waals surface area contributed by atoms with E-state index in [1.54, 1.807) is 36.6 Å². The highest BCUT2D eigenvalue weighted by molar-refractivity contribution is 8.13. The van der Waals surface area contributed by atoms with Crippen molar-refractivity contribution in [1.29, 1.82) is 0 Å². The number of rotatable bonds is 3. The number of hydrogen-bond acceptors (Lipinski definition) is 6. The Kier molecular flexibility index (Phi) is 4.72. The van der Waals surface area contributed by atoms with Crippen molar-refractivity contribution in [3.8, 4) is 11.4 Å². The summed E-state index contributed by atoms with van der Waals surface area (Å²) in [6, 6.07) is 10.4. The summed E-state index contributed by atoms with van der Waals surface area (Å²) >= 11 is 1.13. The molecule has 1 aliphatic heterocycles. The molecule has 4 rings (SSSR count). The van der Waals surface area contributed by atoms with E-state index in [0.29, 0.717) is 28.5 Å². The number of hydrogen-bond donors (Lipinski definition) is 1. The predicted molar refractivity (Wildman–Crippen MR) is 106 cm³/mol. The van der Waals surface area contributed by atoms with Crippen LogP contribution in [0.15, 0.2) is 47.5 Å². The van der Waals surface area contributed by atoms with E-state index in [1.807, 2.05) is 11.5 Å². The highest BCUT2D eigenvalue weighted by atomic mass is 32.2. The molecule has 1 N–H and O–H groups in total. The topological polar surface area (TPSA) is 80.4 Å². The van der Waals surface area contributed by atoms with Crippen LogP contribution in [0, 0.1) is 12.7 Å². The van der Waals surface area contributed by atoms with Gasteiger partial charge in [0.15, 0.2) is 10.9 Å². The van der Waals surface area contributed by atoms with Crippen molar-refractivity contribution in [2.24, 2.45) is 4.99 Å². The maximum atomic E-state index is 13.9. The van der Waals surface area contributed by atoms with Gasteiger partial charge in [0, 0.05) is 17.5 Å². The molecule has 0 amide bonds. The third-order valence-corrected chi connectivity index (χ3v) is 5.22. The van der Waals surface area contributed by atoms with E-state index >= 15 is 0 Å². The number of aromatic hydroxyl groups is 1. The molecule has 2 heterocycles. The third-order valence-electron chi connectivity index (χ3n) is 4.59. The van der Waals surface area contributed by atoms with Crippen LogP contribution in [0.5, 0.6) is 5.75 Å². The molecule has 0 spiro atoms. The number of phenols is 1. The molecule has 0 saturated carbocycles. The highest BCUT2D eigenvalue weighted by Crippen LogP contribution is 2.34. The first-order valence-corrected chi connectivity index (χ1v) is 9.86. The second-order valence-electron chi connectivity index (χ2n) is 6.43. The summed E-state index contributed by atoms with van der Waals surface area (Å²) in [7, 11) is 0. The molecule has 142 valence electrons. The largest absolute Gasteiger partial charge is 0.508 e. The van der Waals surface area contributed by atoms with Crippen LogP contribution >= 0.6 is 11.8 Å². The Morgan fingerprint density at radius 1 is 1.25 bits per heavy atom. The van der Waals surface area contributed by atoms with Gasteiger partial charge in [-0.1, -0.05) is 23.9 Å². The monoisotopic (exact) mass is 396 g/mol. The minimum Gasteiger partial charge on any atom is -0.508 e. The Balaban J connectivity index is 2.01. The van der Waals surface area contributed by atoms with Crippen molar-refractivity contribution < 1.29 is 14.3 Å². The van der Waals surface area contributed by atoms with Crippen LogP contribution in [-0.2, 0) is 4.79 Å². The number of benzene rings is 2. The van der Waals surface area contributed by atoms with Crippen molar-refractivity contribution >= 4 is 22.6 Å². The molecule has 0 fully saturated rings. The molecular weight excluding hydrogens is 379 g/mol. The molecule has 0 aliphatic carbocycles. The average molecular weight is 396 g/mol. The summed E-state index contributed by atoms with van der Waals surface area (Å²) in [5.41, 5.74) is 2.39. The number of thioether (sulfide) groups is 1. The smallest absolute Gasteiger partial charge is 0.191 e. The van der Waals surface area contributed by atoms with Gasteiger partial charge < -0.3 is 5.11 Å². The Bertz CT molecular complexity index is 1110. The average Bonchev–Trinajstić information content (AvgIpc) is 2.99. The van der Waals surface area contributed by atoms with Crippen LogP contribution in [0.4, 0.5) is 4.39 Å². The lowest BCUT2D eigenvalue weighted by molar-refractivity contribution is -0.111. The molecule has 8 heteroatoms. The quantitative estimate of drug-likeness (QED) is 0.732. The van der Waals surface area contributed by atoms with Gasteiger partial charge in [0.25, 0.3) is 0 Å². The fraction of sp³-hybridized carbons (Fsp3) is 0.200. The van der Waals surface area contributed by atoms with Gasteiger partial charge in [0.05, 0.1) is 11.4 Å². The molecule has 2 aromatic carbocycles. The molecule has 6 nitrogen and oxygen atoms in total. The molecule has 0 unspecified atom stereocenters. The van der Waals surface area contributed by atoms with Crippen molar-refractivity contribution in [3.05, 3.63) is 71.1 Å². The van der Waals surface area contributed by atoms with Crippen LogP contribution < -0.4 is 0 Å². The zero-order valence-electron chi connectivity index (χ0n) is 15.3. The Morgan fingerprint density at radius 3 is 2.82 bits per heavy atom. The van der Waals surface area contributed by atoms with Gasteiger partial charge in [-0.3, -0.25) is 14.4 Å². The standard InChI is InChI=1S/C20H17FN4O2S/c1-11-23-24-20-16(10-18(27)28-2)22-19(12-4-3-5-13(21)8-12)15-9-14(26)6-7-17(15)25(11)20/h3-9,16,26H,10H2,1-2H3/t16-/m0/s1. The van der Waals surface area contributed by atoms with E-state index in [2.05, 4.69) is 10.2 Å². The van der Waals surface area contributed by atoms with E-state index in [0.717, 1.165) is 17.4 Å². The van der Waals surface area contributed by atoms with E-state index in [9.17, 15) is 14.3 Å². The number of halogens is 1. The van der Waals surface area contributed by atoms with E-state index in [1.165, 1.54) is 12.1 Å². The predicted octanol–water partition coefficient (Wildman–Crippen LogP) is 3.59. The number of aliphatic imine (C=N–C) groups is 1. The number of carbonyl (C=O) groups is 1. The van der Waals surface area contributed by atoms with Gasteiger partial charge in [0.2, 0.25) is 0 Å². The van der Waals surface area contributed by atoms with Gasteiger partial charge in [-0.2, -0.15) is 0 Å². The summed E-state index contributed by atoms with van der Waals surface area (Å²) in [6.45, 7) is 1.81. The zero-order valence-corrected chi connectivity index (χ0v) is 16.1. The minimum atomic E-state index is -0.575. The Hall–Kier alpha value is -3.00. The fourth-order valence-electron chi connectivity index (χ4n) is 3.33. The molecule has 1 aromatic heterocycles. The Morgan fingerprint density at radius 2 is 2.07 bits per heavy atom. The SMILES string of the molecule is CSC(=O)C[C@@H]1N=C(c2cccc(F)c2)c2cc(O)ccc2-n2c(C)nnc21. The normalized spacial score (nSPS) is 15.4. The molecular formula is C20H17FN4O2S. The number of fused-ring (bicyclic) bond motifs is 3. The first kappa shape index (κ1) is 18.4. The number of nitrogens with zero attached hydrogens (tertiary/aromatic N) is 4. The molecule has 1 atom stereocenters. The van der Waals surface area contributed by atoms with Gasteiger partial charge in [-0.15, -0.1) is 10.2 Å². The van der Waals surface area contributed by atoms with Crippen molar-refractivity contribution in [1.82, 2.24) is 14.8 Å². The second-order valence-corrected chi connectivity index (χ2v) is 7.29. The minimum absolute atomic E-state index is 0.0339. The van der Waals surface area contributed by atoms with E-state index in [4.69, 9.17) is 4.99 Å². The molecule has 3 aromatic rings. The van der Waals surface area contributed by atoms with E-state index in [-0.39, 0.29) is 17.3 Å². The van der Waals surface area contributed by atoms with E-state index < -0.39 is 11.9 Å². The van der Waals surface area contributed by atoms with Gasteiger partial charge in [0.1, 0.15) is 23.4 Å². The number of aryl methyl sites for hydroxylation is 1. The first-order chi connectivity index (χ1) is 13.5. The van der Waals surface area contributed by atoms with Crippen LogP contribution in [-0.4, -0.2) is 37.0 Å². The molecule has 1 aliphatic rings. The van der Waals surface area contributed by atoms with Crippen molar-refractivity contribution in [2.75, 3.05) is 6.26 Å². The molecule has 0 radical (unpaired) electrons. The van der Waals surface area contributed by atoms with Crippen molar-refractivity contribution in [2.45, 2.75) is 19.4 Å². The lowest BCUT2D eigenvalue weighted by Crippen LogP contribution is -2.09. The molecule has 28 heavy (non-hydrogen) atoms. The van der Waals surface area contributed by atoms with Gasteiger partial charge in [-0.05, 0) is 43.5 Å². The summed E-state index contributed by atoms with van der Waals surface area (Å²) in [5, 5.41) is 18.5. The maximum Gasteiger partial charge on any atom is 0.191 e. The summed E-state index contributed by atoms with van der Waals surface area (Å²) < 4.78 is 15.8. The number of phenolic OH excluding ortho intramolecular Hbond substituents is 1. The van der Waals surface area contributed by atoms with Gasteiger partial charge in [-0.25, -0.2) is 4.39 Å². The maximum absolute atomic E-state index is 13.9. The van der Waals surface area contributed by atoms with Crippen LogP contribution in [0.1, 0.15) is 35.2 Å². The lowest BCUT2D eigenvalue weighted by Gasteiger charge is -2.13. The summed E-state index contributed by atoms with van der Waals surface area (Å²) in [6.07, 6.45) is 1.86. The van der Waals surface area contributed by atoms with Crippen molar-refractivity contribution in [3.63, 3.8) is 0 Å². The number of aromatic nitrogens is 3. The first-order valence-electron chi connectivity index (χ1n) is 8.64. The summed E-state index contributed by atoms with van der Waals surface area (Å²) in [4.78, 5) is 17.0. The lowest BCUT2D eigenvalue weighted by atomic mass is 10.00. The number of carbonyl (C=O) groups excluding carboxylic acids is 1. The third kappa shape index (κ3) is 3.20. The van der Waals surface area contributed by atoms with Crippen LogP contribution in [0.25, 0.3) is 5.69 Å². The summed E-state index contributed by atoms with van der Waals surface area (Å²) in [5.74, 6) is 0.852. The highest BCUT2D eigenvalue weighted by Gasteiger charge is 2.29. The van der Waals surface area contributed by atoms with Crippen LogP contribution in [0.3, 0.4) is 0 Å². The zero-order chi connectivity index (χ0) is 19.8. The molecule has 0 bridgehead atoms. The van der Waals surface area contributed by atoms with Crippen LogP contribution in [0.2, 0.25) is 0 Å². The fourth-order valence-corrected chi connectivity index (χ4v) is 3.65. The Labute approximate surface area is 165 Å². The van der Waals surface area contributed by atoms with Gasteiger partial charge >= 0.3 is 0 Å².